The van der Waals surface area contributed by atoms with Crippen LogP contribution >= 0.6 is 0 Å². The Morgan fingerprint density at radius 1 is 1.38 bits per heavy atom. The van der Waals surface area contributed by atoms with E-state index >= 15 is 0 Å². The first-order chi connectivity index (χ1) is 10.1. The standard InChI is InChI=1S/C17H26N2O2/c1-13(2)14-5-4-9-19(10-8-14)17(20)12-21-16-7-3-6-15(18)11-16/h3,6-7,11,13-14H,4-5,8-10,12,18H2,1-2H3. The molecule has 0 aliphatic carbocycles. The molecular formula is C17H26N2O2. The van der Waals surface area contributed by atoms with Gasteiger partial charge in [0.25, 0.3) is 5.91 Å². The molecule has 4 heteroatoms. The van der Waals surface area contributed by atoms with E-state index in [0.29, 0.717) is 17.4 Å². The van der Waals surface area contributed by atoms with E-state index in [-0.39, 0.29) is 12.5 Å². The van der Waals surface area contributed by atoms with Crippen LogP contribution < -0.4 is 10.5 Å². The van der Waals surface area contributed by atoms with Crippen LogP contribution in [0, 0.1) is 11.8 Å². The molecule has 2 N–H and O–H groups in total. The van der Waals surface area contributed by atoms with Crippen LogP contribution in [0.3, 0.4) is 0 Å². The Kier molecular flexibility index (Phi) is 5.48. The van der Waals surface area contributed by atoms with Gasteiger partial charge in [-0.15, -0.1) is 0 Å². The Hall–Kier alpha value is -1.71. The average Bonchev–Trinajstić information content (AvgIpc) is 2.71. The lowest BCUT2D eigenvalue weighted by Crippen LogP contribution is -2.35. The van der Waals surface area contributed by atoms with E-state index in [1.165, 1.54) is 6.42 Å². The van der Waals surface area contributed by atoms with Crippen molar-refractivity contribution < 1.29 is 9.53 Å². The molecule has 4 nitrogen and oxygen atoms in total. The molecule has 0 saturated carbocycles. The normalized spacial score (nSPS) is 19.4. The van der Waals surface area contributed by atoms with Crippen LogP contribution in [0.25, 0.3) is 0 Å². The maximum atomic E-state index is 12.3. The molecule has 0 aromatic heterocycles. The summed E-state index contributed by atoms with van der Waals surface area (Å²) in [5.74, 6) is 2.15. The average molecular weight is 290 g/mol. The minimum atomic E-state index is 0.0711. The van der Waals surface area contributed by atoms with Crippen LogP contribution in [0.1, 0.15) is 33.1 Å². The van der Waals surface area contributed by atoms with E-state index in [4.69, 9.17) is 10.5 Å². The summed E-state index contributed by atoms with van der Waals surface area (Å²) in [5.41, 5.74) is 6.34. The number of amides is 1. The van der Waals surface area contributed by atoms with Gasteiger partial charge in [0.1, 0.15) is 5.75 Å². The molecule has 1 fully saturated rings. The zero-order valence-corrected chi connectivity index (χ0v) is 13.0. The maximum Gasteiger partial charge on any atom is 0.260 e. The first-order valence-electron chi connectivity index (χ1n) is 7.82. The molecule has 2 rings (SSSR count). The van der Waals surface area contributed by atoms with Crippen LogP contribution in [0.2, 0.25) is 0 Å². The molecule has 0 spiro atoms. The topological polar surface area (TPSA) is 55.6 Å². The van der Waals surface area contributed by atoms with Gasteiger partial charge < -0.3 is 15.4 Å². The molecular weight excluding hydrogens is 264 g/mol. The summed E-state index contributed by atoms with van der Waals surface area (Å²) in [5, 5.41) is 0. The molecule has 1 aromatic carbocycles. The molecule has 0 radical (unpaired) electrons. The van der Waals surface area contributed by atoms with Gasteiger partial charge in [-0.25, -0.2) is 0 Å². The van der Waals surface area contributed by atoms with Crippen LogP contribution in [0.15, 0.2) is 24.3 Å². The lowest BCUT2D eigenvalue weighted by molar-refractivity contribution is -0.133. The Morgan fingerprint density at radius 3 is 2.90 bits per heavy atom. The van der Waals surface area contributed by atoms with E-state index in [0.717, 1.165) is 31.8 Å². The molecule has 1 amide bonds. The Morgan fingerprint density at radius 2 is 2.19 bits per heavy atom. The molecule has 0 bridgehead atoms. The fourth-order valence-corrected chi connectivity index (χ4v) is 2.88. The highest BCUT2D eigenvalue weighted by molar-refractivity contribution is 5.77. The lowest BCUT2D eigenvalue weighted by atomic mass is 9.89. The molecule has 1 atom stereocenters. The Labute approximate surface area is 127 Å². The number of hydrogen-bond acceptors (Lipinski definition) is 3. The van der Waals surface area contributed by atoms with Crippen molar-refractivity contribution in [3.63, 3.8) is 0 Å². The molecule has 1 heterocycles. The van der Waals surface area contributed by atoms with Gasteiger partial charge in [0.15, 0.2) is 6.61 Å². The van der Waals surface area contributed by atoms with Crippen molar-refractivity contribution in [1.82, 2.24) is 4.90 Å². The molecule has 1 aliphatic rings. The number of rotatable bonds is 4. The fraction of sp³-hybridized carbons (Fsp3) is 0.588. The van der Waals surface area contributed by atoms with Crippen molar-refractivity contribution >= 4 is 11.6 Å². The van der Waals surface area contributed by atoms with Crippen molar-refractivity contribution in [2.24, 2.45) is 11.8 Å². The Bertz CT molecular complexity index is 474. The predicted molar refractivity (Wildman–Crippen MR) is 85.1 cm³/mol. The predicted octanol–water partition coefficient (Wildman–Crippen LogP) is 2.93. The second kappa shape index (κ2) is 7.34. The molecule has 116 valence electrons. The number of anilines is 1. The van der Waals surface area contributed by atoms with E-state index < -0.39 is 0 Å². The SMILES string of the molecule is CC(C)C1CCCN(C(=O)COc2cccc(N)c2)CC1. The monoisotopic (exact) mass is 290 g/mol. The molecule has 21 heavy (non-hydrogen) atoms. The van der Waals surface area contributed by atoms with Gasteiger partial charge in [-0.1, -0.05) is 19.9 Å². The fourth-order valence-electron chi connectivity index (χ4n) is 2.88. The van der Waals surface area contributed by atoms with Gasteiger partial charge in [0, 0.05) is 24.8 Å². The Balaban J connectivity index is 1.83. The number of nitrogens with two attached hydrogens (primary N) is 1. The van der Waals surface area contributed by atoms with Crippen LogP contribution in [0.4, 0.5) is 5.69 Å². The summed E-state index contributed by atoms with van der Waals surface area (Å²) in [6.07, 6.45) is 3.41. The van der Waals surface area contributed by atoms with Crippen molar-refractivity contribution in [2.45, 2.75) is 33.1 Å². The first kappa shape index (κ1) is 15.7. The third-order valence-electron chi connectivity index (χ3n) is 4.29. The molecule has 1 saturated heterocycles. The minimum absolute atomic E-state index is 0.0711. The second-order valence-electron chi connectivity index (χ2n) is 6.18. The van der Waals surface area contributed by atoms with Crippen molar-refractivity contribution in [2.75, 3.05) is 25.4 Å². The maximum absolute atomic E-state index is 12.3. The number of likely N-dealkylation sites (tertiary alicyclic amines) is 1. The van der Waals surface area contributed by atoms with Crippen LogP contribution in [-0.2, 0) is 4.79 Å². The zero-order valence-electron chi connectivity index (χ0n) is 13.0. The molecule has 1 aliphatic heterocycles. The number of benzene rings is 1. The number of carbonyl (C=O) groups is 1. The molecule has 1 aromatic rings. The van der Waals surface area contributed by atoms with Crippen molar-refractivity contribution in [3.05, 3.63) is 24.3 Å². The third kappa shape index (κ3) is 4.66. The summed E-state index contributed by atoms with van der Waals surface area (Å²) < 4.78 is 5.55. The second-order valence-corrected chi connectivity index (χ2v) is 6.18. The smallest absolute Gasteiger partial charge is 0.260 e. The van der Waals surface area contributed by atoms with E-state index in [1.54, 1.807) is 12.1 Å². The van der Waals surface area contributed by atoms with Gasteiger partial charge in [-0.05, 0) is 43.2 Å². The number of ether oxygens (including phenoxy) is 1. The van der Waals surface area contributed by atoms with Gasteiger partial charge in [-0.3, -0.25) is 4.79 Å². The van der Waals surface area contributed by atoms with Crippen molar-refractivity contribution in [3.8, 4) is 5.75 Å². The summed E-state index contributed by atoms with van der Waals surface area (Å²) >= 11 is 0. The van der Waals surface area contributed by atoms with E-state index in [9.17, 15) is 4.79 Å². The quantitative estimate of drug-likeness (QED) is 0.867. The highest BCUT2D eigenvalue weighted by Gasteiger charge is 2.22. The van der Waals surface area contributed by atoms with Gasteiger partial charge >= 0.3 is 0 Å². The summed E-state index contributed by atoms with van der Waals surface area (Å²) in [6, 6.07) is 7.19. The summed E-state index contributed by atoms with van der Waals surface area (Å²) in [4.78, 5) is 14.2. The highest BCUT2D eigenvalue weighted by Crippen LogP contribution is 2.24. The summed E-state index contributed by atoms with van der Waals surface area (Å²) in [7, 11) is 0. The van der Waals surface area contributed by atoms with Crippen LogP contribution in [0.5, 0.6) is 5.75 Å². The van der Waals surface area contributed by atoms with Gasteiger partial charge in [-0.2, -0.15) is 0 Å². The van der Waals surface area contributed by atoms with Gasteiger partial charge in [0.05, 0.1) is 0 Å². The van der Waals surface area contributed by atoms with Crippen molar-refractivity contribution in [1.29, 1.82) is 0 Å². The number of hydrogen-bond donors (Lipinski definition) is 1. The minimum Gasteiger partial charge on any atom is -0.484 e. The van der Waals surface area contributed by atoms with E-state index in [2.05, 4.69) is 13.8 Å². The summed E-state index contributed by atoms with van der Waals surface area (Å²) in [6.45, 7) is 6.33. The van der Waals surface area contributed by atoms with Gasteiger partial charge in [0.2, 0.25) is 0 Å². The number of nitrogen functional groups attached to an aromatic ring is 1. The highest BCUT2D eigenvalue weighted by atomic mass is 16.5. The first-order valence-corrected chi connectivity index (χ1v) is 7.82. The third-order valence-corrected chi connectivity index (χ3v) is 4.29. The molecule has 1 unspecified atom stereocenters. The lowest BCUT2D eigenvalue weighted by Gasteiger charge is -2.21. The largest absolute Gasteiger partial charge is 0.484 e. The van der Waals surface area contributed by atoms with Crippen LogP contribution in [-0.4, -0.2) is 30.5 Å². The number of nitrogens with zero attached hydrogens (tertiary/aromatic N) is 1. The zero-order chi connectivity index (χ0) is 15.2. The van der Waals surface area contributed by atoms with E-state index in [1.807, 2.05) is 17.0 Å². The number of carbonyl (C=O) groups excluding carboxylic acids is 1.